The molecule has 21 heavy (non-hydrogen) atoms. The summed E-state index contributed by atoms with van der Waals surface area (Å²) < 4.78 is 25.5. The zero-order valence-electron chi connectivity index (χ0n) is 11.4. The predicted octanol–water partition coefficient (Wildman–Crippen LogP) is 3.04. The fraction of sp³-hybridized carbons (Fsp3) is 0.133. The van der Waals surface area contributed by atoms with E-state index in [1.807, 2.05) is 6.07 Å². The molecule has 2 aromatic rings. The molecule has 0 bridgehead atoms. The van der Waals surface area contributed by atoms with Crippen molar-refractivity contribution in [2.24, 2.45) is 0 Å². The van der Waals surface area contributed by atoms with Crippen molar-refractivity contribution in [3.63, 3.8) is 0 Å². The smallest absolute Gasteiger partial charge is 0.421 e. The van der Waals surface area contributed by atoms with Gasteiger partial charge in [-0.05, 0) is 18.6 Å². The minimum Gasteiger partial charge on any atom is -0.464 e. The average Bonchev–Trinajstić information content (AvgIpc) is 2.48. The van der Waals surface area contributed by atoms with Crippen LogP contribution in [0.4, 0.5) is 4.79 Å². The molecule has 0 aromatic heterocycles. The van der Waals surface area contributed by atoms with Crippen LogP contribution in [-0.2, 0) is 10.0 Å². The fourth-order valence-corrected chi connectivity index (χ4v) is 3.57. The molecule has 5 nitrogen and oxygen atoms in total. The fourth-order valence-electron chi connectivity index (χ4n) is 2.07. The van der Waals surface area contributed by atoms with E-state index < -0.39 is 16.1 Å². The topological polar surface area (TPSA) is 74.7 Å². The molecule has 0 aliphatic rings. The molecule has 1 N–H and O–H groups in total. The molecule has 2 rings (SSSR count). The Balaban J connectivity index is 2.63. The van der Waals surface area contributed by atoms with Crippen molar-refractivity contribution in [1.29, 1.82) is 0 Å². The summed E-state index contributed by atoms with van der Waals surface area (Å²) in [5, 5.41) is 9.08. The van der Waals surface area contributed by atoms with Gasteiger partial charge in [0.05, 0.1) is 4.90 Å². The Hall–Kier alpha value is -2.34. The first-order chi connectivity index (χ1) is 9.98. The first-order valence-corrected chi connectivity index (χ1v) is 7.82. The van der Waals surface area contributed by atoms with Crippen molar-refractivity contribution in [3.05, 3.63) is 54.6 Å². The lowest BCUT2D eigenvalue weighted by Gasteiger charge is -2.19. The Kier molecular flexibility index (Phi) is 4.28. The van der Waals surface area contributed by atoms with Crippen molar-refractivity contribution in [2.45, 2.75) is 11.8 Å². The molecular formula is C15H15NO4S. The maximum absolute atomic E-state index is 12.5. The van der Waals surface area contributed by atoms with E-state index in [9.17, 15) is 13.2 Å². The Labute approximate surface area is 123 Å². The van der Waals surface area contributed by atoms with E-state index in [-0.39, 0.29) is 11.4 Å². The highest BCUT2D eigenvalue weighted by atomic mass is 32.2. The molecule has 0 aliphatic carbocycles. The van der Waals surface area contributed by atoms with E-state index in [2.05, 4.69) is 0 Å². The van der Waals surface area contributed by atoms with Gasteiger partial charge in [0.2, 0.25) is 0 Å². The Morgan fingerprint density at radius 3 is 2.19 bits per heavy atom. The number of amides is 1. The lowest BCUT2D eigenvalue weighted by atomic mass is 10.1. The van der Waals surface area contributed by atoms with Gasteiger partial charge in [0, 0.05) is 12.1 Å². The van der Waals surface area contributed by atoms with Crippen LogP contribution in [0.1, 0.15) is 6.92 Å². The number of carboxylic acid groups (broad SMARTS) is 1. The second kappa shape index (κ2) is 5.97. The Morgan fingerprint density at radius 2 is 1.62 bits per heavy atom. The van der Waals surface area contributed by atoms with Gasteiger partial charge < -0.3 is 5.11 Å². The van der Waals surface area contributed by atoms with Crippen LogP contribution >= 0.6 is 0 Å². The Morgan fingerprint density at radius 1 is 1.05 bits per heavy atom. The molecule has 0 heterocycles. The molecule has 0 spiro atoms. The minimum absolute atomic E-state index is 0.0135. The summed E-state index contributed by atoms with van der Waals surface area (Å²) in [6.45, 7) is 1.34. The van der Waals surface area contributed by atoms with Crippen LogP contribution in [0.2, 0.25) is 0 Å². The van der Waals surface area contributed by atoms with Gasteiger partial charge >= 0.3 is 6.09 Å². The molecule has 0 saturated carbocycles. The lowest BCUT2D eigenvalue weighted by Crippen LogP contribution is -2.35. The summed E-state index contributed by atoms with van der Waals surface area (Å²) in [6, 6.07) is 15.4. The van der Waals surface area contributed by atoms with E-state index in [0.717, 1.165) is 5.56 Å². The number of nitrogens with zero attached hydrogens (tertiary/aromatic N) is 1. The second-order valence-corrected chi connectivity index (χ2v) is 6.15. The zero-order chi connectivity index (χ0) is 15.5. The molecular weight excluding hydrogens is 290 g/mol. The molecule has 2 aromatic carbocycles. The van der Waals surface area contributed by atoms with E-state index in [1.54, 1.807) is 42.5 Å². The summed E-state index contributed by atoms with van der Waals surface area (Å²) in [7, 11) is -4.10. The van der Waals surface area contributed by atoms with Crippen molar-refractivity contribution in [1.82, 2.24) is 4.31 Å². The zero-order valence-corrected chi connectivity index (χ0v) is 12.2. The normalized spacial score (nSPS) is 11.1. The van der Waals surface area contributed by atoms with E-state index >= 15 is 0 Å². The van der Waals surface area contributed by atoms with Gasteiger partial charge in [-0.15, -0.1) is 0 Å². The van der Waals surface area contributed by atoms with Crippen molar-refractivity contribution < 1.29 is 18.3 Å². The molecule has 0 fully saturated rings. The standard InChI is InChI=1S/C15H15NO4S/c1-2-16(15(17)18)21(19,20)14-11-7-6-10-13(14)12-8-4-3-5-9-12/h3-11H,2H2,1H3,(H,17,18). The van der Waals surface area contributed by atoms with E-state index in [0.29, 0.717) is 9.87 Å². The number of hydrogen-bond acceptors (Lipinski definition) is 3. The highest BCUT2D eigenvalue weighted by molar-refractivity contribution is 7.89. The largest absolute Gasteiger partial charge is 0.464 e. The molecule has 110 valence electrons. The number of rotatable bonds is 4. The monoisotopic (exact) mass is 305 g/mol. The summed E-state index contributed by atoms with van der Waals surface area (Å²) in [5.74, 6) is 0. The third-order valence-corrected chi connectivity index (χ3v) is 4.95. The van der Waals surface area contributed by atoms with Crippen LogP contribution in [0.25, 0.3) is 11.1 Å². The van der Waals surface area contributed by atoms with Crippen molar-refractivity contribution in [3.8, 4) is 11.1 Å². The minimum atomic E-state index is -4.10. The molecule has 6 heteroatoms. The van der Waals surface area contributed by atoms with Crippen LogP contribution in [0.3, 0.4) is 0 Å². The van der Waals surface area contributed by atoms with Crippen LogP contribution in [0.5, 0.6) is 0 Å². The van der Waals surface area contributed by atoms with Crippen molar-refractivity contribution in [2.75, 3.05) is 6.54 Å². The van der Waals surface area contributed by atoms with E-state index in [4.69, 9.17) is 5.11 Å². The van der Waals surface area contributed by atoms with Gasteiger partial charge in [0.25, 0.3) is 10.0 Å². The summed E-state index contributed by atoms with van der Waals surface area (Å²) in [6.07, 6.45) is -1.49. The van der Waals surface area contributed by atoms with E-state index in [1.165, 1.54) is 13.0 Å². The number of sulfonamides is 1. The first-order valence-electron chi connectivity index (χ1n) is 6.38. The molecule has 0 unspecified atom stereocenters. The van der Waals surface area contributed by atoms with Crippen LogP contribution in [0.15, 0.2) is 59.5 Å². The van der Waals surface area contributed by atoms with Gasteiger partial charge in [-0.3, -0.25) is 0 Å². The third kappa shape index (κ3) is 2.90. The number of carbonyl (C=O) groups is 1. The molecule has 0 atom stereocenters. The number of benzene rings is 2. The summed E-state index contributed by atoms with van der Waals surface area (Å²) in [4.78, 5) is 11.1. The first kappa shape index (κ1) is 15.1. The molecule has 0 aliphatic heterocycles. The SMILES string of the molecule is CCN(C(=O)O)S(=O)(=O)c1ccccc1-c1ccccc1. The summed E-state index contributed by atoms with van der Waals surface area (Å²) in [5.41, 5.74) is 1.20. The third-order valence-electron chi connectivity index (χ3n) is 3.04. The molecule has 1 amide bonds. The van der Waals surface area contributed by atoms with Gasteiger partial charge in [0.1, 0.15) is 0 Å². The quantitative estimate of drug-likeness (QED) is 0.942. The maximum Gasteiger partial charge on any atom is 0.421 e. The maximum atomic E-state index is 12.5. The lowest BCUT2D eigenvalue weighted by molar-refractivity contribution is 0.173. The van der Waals surface area contributed by atoms with Crippen LogP contribution in [0, 0.1) is 0 Å². The average molecular weight is 305 g/mol. The second-order valence-electron chi connectivity index (χ2n) is 4.31. The van der Waals surface area contributed by atoms with Gasteiger partial charge in [-0.1, -0.05) is 48.5 Å². The predicted molar refractivity (Wildman–Crippen MR) is 79.5 cm³/mol. The molecule has 0 radical (unpaired) electrons. The van der Waals surface area contributed by atoms with Crippen molar-refractivity contribution >= 4 is 16.1 Å². The van der Waals surface area contributed by atoms with Gasteiger partial charge in [-0.25, -0.2) is 17.5 Å². The Bertz CT molecular complexity index is 741. The van der Waals surface area contributed by atoms with Crippen LogP contribution < -0.4 is 0 Å². The number of hydrogen-bond donors (Lipinski definition) is 1. The van der Waals surface area contributed by atoms with Gasteiger partial charge in [0.15, 0.2) is 0 Å². The highest BCUT2D eigenvalue weighted by Crippen LogP contribution is 2.29. The molecule has 0 saturated heterocycles. The summed E-state index contributed by atoms with van der Waals surface area (Å²) >= 11 is 0. The highest BCUT2D eigenvalue weighted by Gasteiger charge is 2.29. The van der Waals surface area contributed by atoms with Gasteiger partial charge in [-0.2, -0.15) is 0 Å². The van der Waals surface area contributed by atoms with Crippen LogP contribution in [-0.4, -0.2) is 30.5 Å².